The average molecular weight is 342 g/mol. The van der Waals surface area contributed by atoms with Gasteiger partial charge in [0.25, 0.3) is 0 Å². The molecular formula is C12H8Cl2F3NO3. The first-order valence-electron chi connectivity index (χ1n) is 5.63. The standard InChI is InChI=1S/C12H8Cl2F3NO3/c13-7-1-6(2-8(14)3-7)9-4-11(21-18-9,5-10(19)20)12(15,16)17/h1-3H,4-5H2,(H,19,20). The first kappa shape index (κ1) is 15.9. The number of oxime groups is 1. The molecule has 1 N–H and O–H groups in total. The van der Waals surface area contributed by atoms with Gasteiger partial charge in [0.2, 0.25) is 5.60 Å². The number of alkyl halides is 3. The summed E-state index contributed by atoms with van der Waals surface area (Å²) in [5, 5.41) is 12.5. The van der Waals surface area contributed by atoms with E-state index in [9.17, 15) is 18.0 Å². The van der Waals surface area contributed by atoms with Gasteiger partial charge in [-0.25, -0.2) is 0 Å². The quantitative estimate of drug-likeness (QED) is 0.907. The van der Waals surface area contributed by atoms with Gasteiger partial charge in [0.15, 0.2) is 0 Å². The van der Waals surface area contributed by atoms with Gasteiger partial charge in [0.1, 0.15) is 0 Å². The van der Waals surface area contributed by atoms with E-state index in [1.165, 1.54) is 18.2 Å². The summed E-state index contributed by atoms with van der Waals surface area (Å²) in [4.78, 5) is 15.1. The molecule has 4 nitrogen and oxygen atoms in total. The lowest BCUT2D eigenvalue weighted by Crippen LogP contribution is -2.47. The number of benzene rings is 1. The highest BCUT2D eigenvalue weighted by molar-refractivity contribution is 6.35. The highest BCUT2D eigenvalue weighted by atomic mass is 35.5. The summed E-state index contributed by atoms with van der Waals surface area (Å²) >= 11 is 11.6. The maximum absolute atomic E-state index is 13.1. The topological polar surface area (TPSA) is 58.9 Å². The van der Waals surface area contributed by atoms with E-state index in [4.69, 9.17) is 28.3 Å². The summed E-state index contributed by atoms with van der Waals surface area (Å²) in [6.07, 6.45) is -6.84. The fourth-order valence-corrected chi connectivity index (χ4v) is 2.47. The molecule has 2 rings (SSSR count). The van der Waals surface area contributed by atoms with Crippen LogP contribution in [0.25, 0.3) is 0 Å². The molecule has 1 aliphatic rings. The number of rotatable bonds is 3. The maximum atomic E-state index is 13.1. The Kier molecular flexibility index (Phi) is 4.08. The van der Waals surface area contributed by atoms with Gasteiger partial charge in [-0.15, -0.1) is 0 Å². The molecular weight excluding hydrogens is 334 g/mol. The van der Waals surface area contributed by atoms with Crippen LogP contribution in [0.4, 0.5) is 13.2 Å². The van der Waals surface area contributed by atoms with Crippen LogP contribution in [0.5, 0.6) is 0 Å². The Balaban J connectivity index is 2.33. The fourth-order valence-electron chi connectivity index (χ4n) is 1.94. The van der Waals surface area contributed by atoms with Crippen LogP contribution in [0.3, 0.4) is 0 Å². The van der Waals surface area contributed by atoms with Crippen molar-refractivity contribution in [1.82, 2.24) is 0 Å². The third-order valence-corrected chi connectivity index (χ3v) is 3.37. The minimum atomic E-state index is -4.88. The number of carboxylic acid groups (broad SMARTS) is 1. The Morgan fingerprint density at radius 2 is 1.90 bits per heavy atom. The minimum Gasteiger partial charge on any atom is -0.481 e. The summed E-state index contributed by atoms with van der Waals surface area (Å²) in [6.45, 7) is 0. The number of hydrogen-bond acceptors (Lipinski definition) is 3. The van der Waals surface area contributed by atoms with Crippen LogP contribution in [0.1, 0.15) is 18.4 Å². The maximum Gasteiger partial charge on any atom is 0.431 e. The van der Waals surface area contributed by atoms with E-state index < -0.39 is 30.6 Å². The summed E-state index contributed by atoms with van der Waals surface area (Å²) in [6, 6.07) is 4.17. The molecule has 1 unspecified atom stereocenters. The van der Waals surface area contributed by atoms with Gasteiger partial charge in [-0.05, 0) is 18.2 Å². The molecule has 0 saturated heterocycles. The third kappa shape index (κ3) is 3.24. The lowest BCUT2D eigenvalue weighted by atomic mass is 9.90. The Morgan fingerprint density at radius 1 is 1.33 bits per heavy atom. The normalized spacial score (nSPS) is 21.9. The molecule has 0 radical (unpaired) electrons. The predicted octanol–water partition coefficient (Wildman–Crippen LogP) is 3.89. The zero-order valence-electron chi connectivity index (χ0n) is 10.2. The Hall–Kier alpha value is -1.47. The van der Waals surface area contributed by atoms with Gasteiger partial charge < -0.3 is 9.94 Å². The molecule has 0 fully saturated rings. The van der Waals surface area contributed by atoms with Crippen molar-refractivity contribution in [3.05, 3.63) is 33.8 Å². The SMILES string of the molecule is O=C(O)CC1(C(F)(F)F)CC(c2cc(Cl)cc(Cl)c2)=NO1. The van der Waals surface area contributed by atoms with E-state index in [0.717, 1.165) is 0 Å². The van der Waals surface area contributed by atoms with Crippen molar-refractivity contribution >= 4 is 34.9 Å². The van der Waals surface area contributed by atoms with Crippen molar-refractivity contribution in [2.24, 2.45) is 5.16 Å². The number of nitrogens with zero attached hydrogens (tertiary/aromatic N) is 1. The summed E-state index contributed by atoms with van der Waals surface area (Å²) in [5.74, 6) is -1.63. The van der Waals surface area contributed by atoms with Crippen molar-refractivity contribution in [3.8, 4) is 0 Å². The van der Waals surface area contributed by atoms with Gasteiger partial charge in [-0.2, -0.15) is 13.2 Å². The van der Waals surface area contributed by atoms with Crippen LogP contribution < -0.4 is 0 Å². The zero-order chi connectivity index (χ0) is 15.8. The zero-order valence-corrected chi connectivity index (χ0v) is 11.8. The minimum absolute atomic E-state index is 0.0574. The Bertz CT molecular complexity index is 598. The van der Waals surface area contributed by atoms with Crippen LogP contribution in [-0.4, -0.2) is 28.6 Å². The molecule has 0 amide bonds. The van der Waals surface area contributed by atoms with E-state index >= 15 is 0 Å². The molecule has 21 heavy (non-hydrogen) atoms. The molecule has 1 aromatic carbocycles. The molecule has 1 aromatic rings. The van der Waals surface area contributed by atoms with Gasteiger partial charge in [0, 0.05) is 22.0 Å². The van der Waals surface area contributed by atoms with Crippen LogP contribution in [0, 0.1) is 0 Å². The van der Waals surface area contributed by atoms with Crippen LogP contribution >= 0.6 is 23.2 Å². The molecule has 1 atom stereocenters. The second kappa shape index (κ2) is 5.38. The second-order valence-electron chi connectivity index (χ2n) is 4.53. The van der Waals surface area contributed by atoms with Crippen LogP contribution in [-0.2, 0) is 9.63 Å². The third-order valence-electron chi connectivity index (χ3n) is 2.93. The molecule has 114 valence electrons. The summed E-state index contributed by atoms with van der Waals surface area (Å²) < 4.78 is 39.3. The number of carbonyl (C=O) groups is 1. The fraction of sp³-hybridized carbons (Fsp3) is 0.333. The second-order valence-corrected chi connectivity index (χ2v) is 5.40. The molecule has 0 aliphatic carbocycles. The summed E-state index contributed by atoms with van der Waals surface area (Å²) in [5.41, 5.74) is -2.68. The van der Waals surface area contributed by atoms with Gasteiger partial charge in [0.05, 0.1) is 12.1 Å². The monoisotopic (exact) mass is 341 g/mol. The van der Waals surface area contributed by atoms with Crippen molar-refractivity contribution in [3.63, 3.8) is 0 Å². The van der Waals surface area contributed by atoms with E-state index in [0.29, 0.717) is 0 Å². The largest absolute Gasteiger partial charge is 0.481 e. The Morgan fingerprint density at radius 3 is 2.38 bits per heavy atom. The number of aliphatic carboxylic acids is 1. The molecule has 0 bridgehead atoms. The van der Waals surface area contributed by atoms with Crippen molar-refractivity contribution in [1.29, 1.82) is 0 Å². The van der Waals surface area contributed by atoms with Crippen molar-refractivity contribution < 1.29 is 27.9 Å². The van der Waals surface area contributed by atoms with E-state index in [2.05, 4.69) is 9.99 Å². The lowest BCUT2D eigenvalue weighted by Gasteiger charge is -2.27. The first-order chi connectivity index (χ1) is 9.63. The smallest absolute Gasteiger partial charge is 0.431 e. The molecule has 0 saturated carbocycles. The molecule has 9 heteroatoms. The van der Waals surface area contributed by atoms with Gasteiger partial charge >= 0.3 is 12.1 Å². The first-order valence-corrected chi connectivity index (χ1v) is 6.39. The number of hydrogen-bond donors (Lipinski definition) is 1. The highest BCUT2D eigenvalue weighted by Crippen LogP contribution is 2.43. The average Bonchev–Trinajstić information content (AvgIpc) is 2.71. The number of carboxylic acids is 1. The summed E-state index contributed by atoms with van der Waals surface area (Å²) in [7, 11) is 0. The van der Waals surface area contributed by atoms with E-state index in [1.54, 1.807) is 0 Å². The Labute approximate surface area is 127 Å². The molecule has 0 aromatic heterocycles. The van der Waals surface area contributed by atoms with Crippen LogP contribution in [0.2, 0.25) is 10.0 Å². The highest BCUT2D eigenvalue weighted by Gasteiger charge is 2.62. The van der Waals surface area contributed by atoms with E-state index in [-0.39, 0.29) is 21.3 Å². The van der Waals surface area contributed by atoms with Crippen molar-refractivity contribution in [2.75, 3.05) is 0 Å². The lowest BCUT2D eigenvalue weighted by molar-refractivity contribution is -0.271. The van der Waals surface area contributed by atoms with Gasteiger partial charge in [-0.3, -0.25) is 4.79 Å². The molecule has 1 heterocycles. The molecule has 1 aliphatic heterocycles. The molecule has 0 spiro atoms. The van der Waals surface area contributed by atoms with Gasteiger partial charge in [-0.1, -0.05) is 28.4 Å². The van der Waals surface area contributed by atoms with Crippen LogP contribution in [0.15, 0.2) is 23.4 Å². The van der Waals surface area contributed by atoms with E-state index in [1.807, 2.05) is 0 Å². The number of halogens is 5. The predicted molar refractivity (Wildman–Crippen MR) is 69.7 cm³/mol. The van der Waals surface area contributed by atoms with Crippen molar-refractivity contribution in [2.45, 2.75) is 24.6 Å².